The molecule has 0 radical (unpaired) electrons. The Bertz CT molecular complexity index is 447. The smallest absolute Gasteiger partial charge is 0.780 e. The van der Waals surface area contributed by atoms with Crippen LogP contribution in [-0.4, -0.2) is 30.5 Å². The first-order valence-electron chi connectivity index (χ1n) is 11.1. The topological polar surface area (TPSA) is 71.0 Å². The molecule has 29 heavy (non-hydrogen) atoms. The fraction of sp³-hybridized carbons (Fsp3) is 0.905. The molecule has 0 saturated carbocycles. The SMILES string of the molecule is CCCCCCCC/C=C\CCCCCCCC1OCC(COP([O-])(O)=S)O1.[K+]. The van der Waals surface area contributed by atoms with Crippen molar-refractivity contribution in [2.45, 2.75) is 109 Å². The van der Waals surface area contributed by atoms with Gasteiger partial charge in [0, 0.05) is 0 Å². The largest absolute Gasteiger partial charge is 1.00 e. The molecule has 1 heterocycles. The fourth-order valence-electron chi connectivity index (χ4n) is 3.31. The summed E-state index contributed by atoms with van der Waals surface area (Å²) in [6.07, 6.45) is 21.8. The molecule has 3 unspecified atom stereocenters. The molecule has 1 aliphatic heterocycles. The molecule has 3 atom stereocenters. The van der Waals surface area contributed by atoms with E-state index in [1.165, 1.54) is 77.0 Å². The van der Waals surface area contributed by atoms with E-state index < -0.39 is 6.72 Å². The number of hydrogen-bond donors (Lipinski definition) is 1. The summed E-state index contributed by atoms with van der Waals surface area (Å²) in [6, 6.07) is 0. The van der Waals surface area contributed by atoms with E-state index in [2.05, 4.69) is 30.9 Å². The van der Waals surface area contributed by atoms with Crippen molar-refractivity contribution in [1.29, 1.82) is 0 Å². The molecular weight excluding hydrogens is 434 g/mol. The molecule has 8 heteroatoms. The van der Waals surface area contributed by atoms with Gasteiger partial charge in [-0.2, -0.15) is 0 Å². The molecule has 1 fully saturated rings. The van der Waals surface area contributed by atoms with Crippen LogP contribution in [0.25, 0.3) is 0 Å². The number of unbranched alkanes of at least 4 members (excludes halogenated alkanes) is 11. The average Bonchev–Trinajstić information content (AvgIpc) is 3.10. The van der Waals surface area contributed by atoms with Gasteiger partial charge >= 0.3 is 51.4 Å². The van der Waals surface area contributed by atoms with Crippen LogP contribution in [0, 0.1) is 0 Å². The molecule has 0 aromatic rings. The van der Waals surface area contributed by atoms with Crippen LogP contribution in [0.15, 0.2) is 12.2 Å². The van der Waals surface area contributed by atoms with Crippen LogP contribution in [0.5, 0.6) is 0 Å². The van der Waals surface area contributed by atoms with Gasteiger partial charge in [-0.05, 0) is 38.5 Å². The van der Waals surface area contributed by atoms with Gasteiger partial charge < -0.3 is 23.8 Å². The van der Waals surface area contributed by atoms with Crippen LogP contribution in [0.1, 0.15) is 96.8 Å². The second-order valence-electron chi connectivity index (χ2n) is 7.66. The van der Waals surface area contributed by atoms with E-state index >= 15 is 0 Å². The van der Waals surface area contributed by atoms with Crippen LogP contribution in [0.3, 0.4) is 0 Å². The van der Waals surface area contributed by atoms with E-state index in [1.807, 2.05) is 0 Å². The molecule has 1 aliphatic rings. The molecule has 1 rings (SSSR count). The predicted molar refractivity (Wildman–Crippen MR) is 117 cm³/mol. The second-order valence-corrected chi connectivity index (χ2v) is 10.2. The molecular formula is C21H40KO5PS. The van der Waals surface area contributed by atoms with E-state index in [9.17, 15) is 4.89 Å². The van der Waals surface area contributed by atoms with Crippen molar-refractivity contribution in [3.8, 4) is 0 Å². The number of hydrogen-bond acceptors (Lipinski definition) is 5. The average molecular weight is 475 g/mol. The maximum atomic E-state index is 10.9. The van der Waals surface area contributed by atoms with Crippen molar-refractivity contribution in [1.82, 2.24) is 0 Å². The maximum Gasteiger partial charge on any atom is 1.00 e. The molecule has 0 aromatic carbocycles. The zero-order chi connectivity index (χ0) is 20.5. The summed E-state index contributed by atoms with van der Waals surface area (Å²) in [5, 5.41) is 0. The van der Waals surface area contributed by atoms with E-state index in [-0.39, 0.29) is 70.4 Å². The molecule has 1 N–H and O–H groups in total. The zero-order valence-corrected chi connectivity index (χ0v) is 23.4. The molecule has 0 aliphatic carbocycles. The third kappa shape index (κ3) is 20.2. The van der Waals surface area contributed by atoms with Crippen LogP contribution in [0.4, 0.5) is 0 Å². The van der Waals surface area contributed by atoms with Crippen LogP contribution in [0.2, 0.25) is 0 Å². The molecule has 166 valence electrons. The minimum Gasteiger partial charge on any atom is -0.780 e. The van der Waals surface area contributed by atoms with E-state index in [0.29, 0.717) is 6.61 Å². The number of ether oxygens (including phenoxy) is 2. The minimum atomic E-state index is -3.85. The summed E-state index contributed by atoms with van der Waals surface area (Å²) in [5.41, 5.74) is 0. The van der Waals surface area contributed by atoms with Crippen LogP contribution in [-0.2, 0) is 25.8 Å². The van der Waals surface area contributed by atoms with Gasteiger partial charge in [0.2, 0.25) is 0 Å². The molecule has 0 amide bonds. The molecule has 0 spiro atoms. The van der Waals surface area contributed by atoms with Gasteiger partial charge in [0.15, 0.2) is 6.29 Å². The summed E-state index contributed by atoms with van der Waals surface area (Å²) in [7, 11) is 0. The first kappa shape index (κ1) is 30.8. The van der Waals surface area contributed by atoms with E-state index in [0.717, 1.165) is 12.8 Å². The van der Waals surface area contributed by atoms with Gasteiger partial charge in [0.05, 0.1) is 13.2 Å². The van der Waals surface area contributed by atoms with Gasteiger partial charge in [0.1, 0.15) is 12.8 Å². The number of rotatable bonds is 18. The quantitative estimate of drug-likeness (QED) is 0.142. The van der Waals surface area contributed by atoms with Gasteiger partial charge in [-0.25, -0.2) is 0 Å². The van der Waals surface area contributed by atoms with Crippen molar-refractivity contribution >= 4 is 18.5 Å². The Morgan fingerprint density at radius 1 is 1.00 bits per heavy atom. The van der Waals surface area contributed by atoms with Crippen LogP contribution >= 0.6 is 6.72 Å². The third-order valence-corrected chi connectivity index (χ3v) is 5.73. The molecule has 0 aromatic heterocycles. The Kier molecular flexibility index (Phi) is 21.7. The maximum absolute atomic E-state index is 10.9. The normalized spacial score (nSPS) is 21.3. The summed E-state index contributed by atoms with van der Waals surface area (Å²) in [5.74, 6) is 0. The van der Waals surface area contributed by atoms with E-state index in [1.54, 1.807) is 0 Å². The van der Waals surface area contributed by atoms with Crippen LogP contribution < -0.4 is 56.3 Å². The summed E-state index contributed by atoms with van der Waals surface area (Å²) in [6.45, 7) is -1.18. The monoisotopic (exact) mass is 474 g/mol. The van der Waals surface area contributed by atoms with Crippen molar-refractivity contribution < 1.29 is 75.2 Å². The molecule has 5 nitrogen and oxygen atoms in total. The van der Waals surface area contributed by atoms with Gasteiger partial charge in [-0.1, -0.05) is 82.2 Å². The van der Waals surface area contributed by atoms with Gasteiger partial charge in [-0.3, -0.25) is 0 Å². The Hall–Kier alpha value is 1.83. The van der Waals surface area contributed by atoms with Gasteiger partial charge in [0.25, 0.3) is 0 Å². The van der Waals surface area contributed by atoms with Crippen molar-refractivity contribution in [2.75, 3.05) is 13.2 Å². The second kappa shape index (κ2) is 20.4. The summed E-state index contributed by atoms with van der Waals surface area (Å²) in [4.78, 5) is 19.9. The van der Waals surface area contributed by atoms with Crippen molar-refractivity contribution in [2.24, 2.45) is 0 Å². The Labute approximate surface area is 226 Å². The zero-order valence-electron chi connectivity index (χ0n) is 18.6. The summed E-state index contributed by atoms with van der Waals surface area (Å²) >= 11 is 4.31. The minimum absolute atomic E-state index is 0. The Morgan fingerprint density at radius 2 is 1.55 bits per heavy atom. The standard InChI is InChI=1S/C21H41O5PS.K/c1-2-3-4-5-6-7-8-9-10-11-12-13-14-15-16-17-21-24-18-20(26-21)19-25-27(22,23)28;/h9-10,20-21H,2-8,11-19H2,1H3,(H2,22,23,28);/q;+1/p-1/b10-9-;. The molecule has 1 saturated heterocycles. The van der Waals surface area contributed by atoms with Crippen molar-refractivity contribution in [3.63, 3.8) is 0 Å². The number of allylic oxidation sites excluding steroid dienone is 2. The predicted octanol–water partition coefficient (Wildman–Crippen LogP) is 2.36. The van der Waals surface area contributed by atoms with Crippen molar-refractivity contribution in [3.05, 3.63) is 12.2 Å². The third-order valence-electron chi connectivity index (χ3n) is 4.94. The fourth-order valence-corrected chi connectivity index (χ4v) is 3.84. The Morgan fingerprint density at radius 3 is 2.14 bits per heavy atom. The molecule has 0 bridgehead atoms. The first-order chi connectivity index (χ1) is 13.5. The summed E-state index contributed by atoms with van der Waals surface area (Å²) < 4.78 is 15.9. The van der Waals surface area contributed by atoms with Gasteiger partial charge in [-0.15, -0.1) is 0 Å². The first-order valence-corrected chi connectivity index (χ1v) is 13.7. The Balaban J connectivity index is 0.00000784. The van der Waals surface area contributed by atoms with E-state index in [4.69, 9.17) is 18.9 Å².